The van der Waals surface area contributed by atoms with Crippen LogP contribution in [0.15, 0.2) is 41.3 Å². The van der Waals surface area contributed by atoms with Crippen LogP contribution in [0.25, 0.3) is 0 Å². The molecule has 5 nitrogen and oxygen atoms in total. The van der Waals surface area contributed by atoms with Gasteiger partial charge in [-0.3, -0.25) is 9.52 Å². The molecule has 1 aliphatic heterocycles. The smallest absolute Gasteiger partial charge is 0.263 e. The van der Waals surface area contributed by atoms with Gasteiger partial charge in [0.2, 0.25) is 5.91 Å². The quantitative estimate of drug-likeness (QED) is 0.885. The molecule has 2 N–H and O–H groups in total. The van der Waals surface area contributed by atoms with Crippen LogP contribution in [-0.2, 0) is 21.2 Å². The lowest BCUT2D eigenvalue weighted by atomic mass is 10.1. The van der Waals surface area contributed by atoms with Gasteiger partial charge in [-0.2, -0.15) is 0 Å². The monoisotopic (exact) mass is 356 g/mol. The fourth-order valence-corrected chi connectivity index (χ4v) is 3.99. The molecule has 22 heavy (non-hydrogen) atoms. The van der Waals surface area contributed by atoms with E-state index in [0.29, 0.717) is 17.8 Å². The third-order valence-electron chi connectivity index (χ3n) is 3.19. The van der Waals surface area contributed by atoms with Crippen LogP contribution in [0, 0.1) is 0 Å². The molecule has 0 saturated heterocycles. The summed E-state index contributed by atoms with van der Waals surface area (Å²) in [6.07, 6.45) is 0.294. The molecule has 1 amide bonds. The summed E-state index contributed by atoms with van der Waals surface area (Å²) in [7, 11) is -3.88. The van der Waals surface area contributed by atoms with E-state index < -0.39 is 10.0 Å². The summed E-state index contributed by atoms with van der Waals surface area (Å²) in [5.74, 6) is -0.118. The molecular formula is C14H10Cl2N2O3S. The van der Waals surface area contributed by atoms with Crippen molar-refractivity contribution in [2.45, 2.75) is 11.3 Å². The number of fused-ring (bicyclic) bond motifs is 1. The first-order valence-corrected chi connectivity index (χ1v) is 8.50. The SMILES string of the molecule is O=C1Cc2ccc(NS(=O)(=O)c3cccc(Cl)c3Cl)cc2N1. The van der Waals surface area contributed by atoms with Crippen molar-refractivity contribution < 1.29 is 13.2 Å². The molecule has 0 radical (unpaired) electrons. The van der Waals surface area contributed by atoms with Crippen molar-refractivity contribution in [3.8, 4) is 0 Å². The molecule has 0 saturated carbocycles. The van der Waals surface area contributed by atoms with Crippen LogP contribution in [0.3, 0.4) is 0 Å². The third-order valence-corrected chi connectivity index (χ3v) is 5.55. The van der Waals surface area contributed by atoms with E-state index in [1.165, 1.54) is 18.2 Å². The van der Waals surface area contributed by atoms with Crippen LogP contribution in [0.4, 0.5) is 11.4 Å². The Morgan fingerprint density at radius 2 is 1.91 bits per heavy atom. The molecule has 0 bridgehead atoms. The number of sulfonamides is 1. The standard InChI is InChI=1S/C14H10Cl2N2O3S/c15-10-2-1-3-12(14(10)16)22(20,21)18-9-5-4-8-6-13(19)17-11(8)7-9/h1-5,7,18H,6H2,(H,17,19). The normalized spacial score (nSPS) is 13.6. The van der Waals surface area contributed by atoms with E-state index in [0.717, 1.165) is 5.56 Å². The van der Waals surface area contributed by atoms with Gasteiger partial charge in [-0.05, 0) is 29.8 Å². The van der Waals surface area contributed by atoms with Gasteiger partial charge in [-0.1, -0.05) is 35.3 Å². The molecule has 1 heterocycles. The number of carbonyl (C=O) groups excluding carboxylic acids is 1. The third kappa shape index (κ3) is 2.77. The molecule has 0 spiro atoms. The van der Waals surface area contributed by atoms with E-state index in [2.05, 4.69) is 10.0 Å². The first-order valence-electron chi connectivity index (χ1n) is 6.26. The number of benzene rings is 2. The number of amides is 1. The maximum atomic E-state index is 12.4. The lowest BCUT2D eigenvalue weighted by Gasteiger charge is -2.11. The Hall–Kier alpha value is -1.76. The predicted octanol–water partition coefficient (Wildman–Crippen LogP) is 3.29. The van der Waals surface area contributed by atoms with Gasteiger partial charge in [-0.15, -0.1) is 0 Å². The lowest BCUT2D eigenvalue weighted by Crippen LogP contribution is -2.13. The van der Waals surface area contributed by atoms with Crippen molar-refractivity contribution in [1.82, 2.24) is 0 Å². The first kappa shape index (κ1) is 15.1. The molecule has 2 aromatic rings. The summed E-state index contributed by atoms with van der Waals surface area (Å²) in [5, 5.41) is 2.78. The molecule has 3 rings (SSSR count). The Morgan fingerprint density at radius 3 is 2.68 bits per heavy atom. The summed E-state index contributed by atoms with van der Waals surface area (Å²) in [4.78, 5) is 11.2. The van der Waals surface area contributed by atoms with Crippen LogP contribution in [-0.4, -0.2) is 14.3 Å². The van der Waals surface area contributed by atoms with Crippen LogP contribution in [0.5, 0.6) is 0 Å². The fraction of sp³-hybridized carbons (Fsp3) is 0.0714. The number of rotatable bonds is 3. The van der Waals surface area contributed by atoms with E-state index in [4.69, 9.17) is 23.2 Å². The second-order valence-corrected chi connectivity index (χ2v) is 7.19. The van der Waals surface area contributed by atoms with Crippen LogP contribution >= 0.6 is 23.2 Å². The second-order valence-electron chi connectivity index (χ2n) is 4.75. The van der Waals surface area contributed by atoms with Crippen molar-refractivity contribution in [3.63, 3.8) is 0 Å². The minimum absolute atomic E-state index is 0.0360. The first-order chi connectivity index (χ1) is 10.4. The van der Waals surface area contributed by atoms with Gasteiger partial charge in [0, 0.05) is 5.69 Å². The second kappa shape index (κ2) is 5.46. The van der Waals surface area contributed by atoms with Crippen molar-refractivity contribution >= 4 is 50.5 Å². The average molecular weight is 357 g/mol. The van der Waals surface area contributed by atoms with Crippen molar-refractivity contribution in [2.75, 3.05) is 10.0 Å². The van der Waals surface area contributed by atoms with Crippen LogP contribution in [0.2, 0.25) is 10.0 Å². The zero-order valence-electron chi connectivity index (χ0n) is 11.1. The molecule has 0 atom stereocenters. The summed E-state index contributed by atoms with van der Waals surface area (Å²) in [6, 6.07) is 9.24. The number of hydrogen-bond acceptors (Lipinski definition) is 3. The van der Waals surface area contributed by atoms with Gasteiger partial charge < -0.3 is 5.32 Å². The van der Waals surface area contributed by atoms with Crippen molar-refractivity contribution in [2.24, 2.45) is 0 Å². The number of halogens is 2. The average Bonchev–Trinajstić information content (AvgIpc) is 2.80. The predicted molar refractivity (Wildman–Crippen MR) is 86.0 cm³/mol. The topological polar surface area (TPSA) is 75.3 Å². The highest BCUT2D eigenvalue weighted by Crippen LogP contribution is 2.31. The zero-order valence-corrected chi connectivity index (χ0v) is 13.4. The van der Waals surface area contributed by atoms with Gasteiger partial charge in [0.1, 0.15) is 4.90 Å². The van der Waals surface area contributed by atoms with Gasteiger partial charge in [-0.25, -0.2) is 8.42 Å². The molecule has 0 unspecified atom stereocenters. The number of hydrogen-bond donors (Lipinski definition) is 2. The van der Waals surface area contributed by atoms with E-state index in [9.17, 15) is 13.2 Å². The summed E-state index contributed by atoms with van der Waals surface area (Å²) < 4.78 is 27.2. The summed E-state index contributed by atoms with van der Waals surface area (Å²) >= 11 is 11.8. The highest BCUT2D eigenvalue weighted by atomic mass is 35.5. The molecule has 8 heteroatoms. The summed E-state index contributed by atoms with van der Waals surface area (Å²) in [5.41, 5.74) is 1.76. The van der Waals surface area contributed by atoms with Crippen molar-refractivity contribution in [1.29, 1.82) is 0 Å². The Balaban J connectivity index is 1.94. The van der Waals surface area contributed by atoms with Crippen molar-refractivity contribution in [3.05, 3.63) is 52.0 Å². The Kier molecular flexibility index (Phi) is 3.76. The fourth-order valence-electron chi connectivity index (χ4n) is 2.18. The molecule has 0 fully saturated rings. The molecule has 1 aliphatic rings. The molecule has 0 aromatic heterocycles. The molecule has 114 valence electrons. The van der Waals surface area contributed by atoms with Gasteiger partial charge in [0.25, 0.3) is 10.0 Å². The molecule has 0 aliphatic carbocycles. The van der Waals surface area contributed by atoms with E-state index in [1.54, 1.807) is 18.2 Å². The maximum Gasteiger partial charge on any atom is 0.263 e. The van der Waals surface area contributed by atoms with E-state index in [1.807, 2.05) is 0 Å². The van der Waals surface area contributed by atoms with Crippen LogP contribution in [0.1, 0.15) is 5.56 Å². The summed E-state index contributed by atoms with van der Waals surface area (Å²) in [6.45, 7) is 0. The van der Waals surface area contributed by atoms with Gasteiger partial charge in [0.05, 0.1) is 22.2 Å². The number of anilines is 2. The van der Waals surface area contributed by atoms with E-state index in [-0.39, 0.29) is 20.8 Å². The molecule has 2 aromatic carbocycles. The molecular weight excluding hydrogens is 347 g/mol. The Labute approximate surface area is 137 Å². The maximum absolute atomic E-state index is 12.4. The van der Waals surface area contributed by atoms with Gasteiger partial charge >= 0.3 is 0 Å². The Morgan fingerprint density at radius 1 is 1.14 bits per heavy atom. The number of nitrogens with one attached hydrogen (secondary N) is 2. The van der Waals surface area contributed by atoms with E-state index >= 15 is 0 Å². The highest BCUT2D eigenvalue weighted by Gasteiger charge is 2.22. The van der Waals surface area contributed by atoms with Gasteiger partial charge in [0.15, 0.2) is 0 Å². The highest BCUT2D eigenvalue weighted by molar-refractivity contribution is 7.92. The Bertz CT molecular complexity index is 882. The minimum Gasteiger partial charge on any atom is -0.325 e. The number of carbonyl (C=O) groups is 1. The largest absolute Gasteiger partial charge is 0.325 e. The zero-order chi connectivity index (χ0) is 15.9. The van der Waals surface area contributed by atoms with Crippen LogP contribution < -0.4 is 10.0 Å². The minimum atomic E-state index is -3.88. The lowest BCUT2D eigenvalue weighted by molar-refractivity contribution is -0.115.